The van der Waals surface area contributed by atoms with E-state index in [4.69, 9.17) is 9.47 Å². The summed E-state index contributed by atoms with van der Waals surface area (Å²) in [6.07, 6.45) is 5.04. The normalized spacial score (nSPS) is 14.2. The van der Waals surface area contributed by atoms with Crippen molar-refractivity contribution in [3.05, 3.63) is 48.0 Å². The van der Waals surface area contributed by atoms with Crippen molar-refractivity contribution in [2.24, 2.45) is 0 Å². The molecule has 0 atom stereocenters. The van der Waals surface area contributed by atoms with Gasteiger partial charge in [-0.05, 0) is 44.0 Å². The molecule has 1 N–H and O–H groups in total. The van der Waals surface area contributed by atoms with Crippen LogP contribution >= 0.6 is 11.8 Å². The monoisotopic (exact) mass is 492 g/mol. The van der Waals surface area contributed by atoms with E-state index in [9.17, 15) is 13.2 Å². The van der Waals surface area contributed by atoms with Crippen LogP contribution in [-0.4, -0.2) is 52.6 Å². The third kappa shape index (κ3) is 6.57. The van der Waals surface area contributed by atoms with Gasteiger partial charge in [-0.2, -0.15) is 11.8 Å². The molecular formula is C24H32N2O5S2. The Balaban J connectivity index is 1.77. The van der Waals surface area contributed by atoms with Crippen molar-refractivity contribution in [2.45, 2.75) is 42.8 Å². The van der Waals surface area contributed by atoms with Gasteiger partial charge >= 0.3 is 0 Å². The average molecular weight is 493 g/mol. The zero-order valence-corrected chi connectivity index (χ0v) is 21.0. The molecule has 180 valence electrons. The number of nitrogens with zero attached hydrogens (tertiary/aromatic N) is 1. The maximum Gasteiger partial charge on any atom is 0.264 e. The molecule has 0 aliphatic heterocycles. The summed E-state index contributed by atoms with van der Waals surface area (Å²) in [7, 11) is -1.10. The van der Waals surface area contributed by atoms with E-state index in [1.54, 1.807) is 18.2 Å². The minimum Gasteiger partial charge on any atom is -0.493 e. The first-order valence-corrected chi connectivity index (χ1v) is 13.5. The molecular weight excluding hydrogens is 460 g/mol. The van der Waals surface area contributed by atoms with Crippen LogP contribution in [0.2, 0.25) is 0 Å². The summed E-state index contributed by atoms with van der Waals surface area (Å²) in [6, 6.07) is 11.5. The molecule has 1 amide bonds. The van der Waals surface area contributed by atoms with Gasteiger partial charge in [-0.1, -0.05) is 30.5 Å². The van der Waals surface area contributed by atoms with Crippen LogP contribution in [-0.2, 0) is 14.8 Å². The van der Waals surface area contributed by atoms with Crippen LogP contribution in [0.25, 0.3) is 0 Å². The topological polar surface area (TPSA) is 84.9 Å². The number of nitrogens with one attached hydrogen (secondary N) is 1. The number of sulfonamides is 1. The van der Waals surface area contributed by atoms with Crippen molar-refractivity contribution in [3.63, 3.8) is 0 Å². The quantitative estimate of drug-likeness (QED) is 0.477. The number of benzene rings is 2. The molecule has 1 saturated carbocycles. The van der Waals surface area contributed by atoms with Gasteiger partial charge in [0, 0.05) is 23.6 Å². The molecule has 0 spiro atoms. The summed E-state index contributed by atoms with van der Waals surface area (Å²) in [5.41, 5.74) is 1.42. The Hall–Kier alpha value is -2.39. The van der Waals surface area contributed by atoms with Crippen LogP contribution in [0.1, 0.15) is 31.2 Å². The van der Waals surface area contributed by atoms with Crippen LogP contribution in [0, 0.1) is 6.92 Å². The van der Waals surface area contributed by atoms with E-state index in [1.807, 2.05) is 30.8 Å². The van der Waals surface area contributed by atoms with Crippen LogP contribution < -0.4 is 19.1 Å². The number of rotatable bonds is 11. The summed E-state index contributed by atoms with van der Waals surface area (Å²) in [5, 5.41) is 3.55. The summed E-state index contributed by atoms with van der Waals surface area (Å²) in [5.74, 6) is 1.21. The predicted molar refractivity (Wildman–Crippen MR) is 133 cm³/mol. The Bertz CT molecular complexity index is 1040. The standard InChI is InChI=1S/C24H32N2O5S2/c1-18-8-10-19(11-9-18)26(17-24(27)25-14-15-32-20-6-4-5-7-20)33(28,29)21-12-13-22(30-2)23(16-21)31-3/h8-13,16,20H,4-7,14-15,17H2,1-3H3,(H,25,27). The highest BCUT2D eigenvalue weighted by molar-refractivity contribution is 7.99. The first-order valence-electron chi connectivity index (χ1n) is 11.0. The van der Waals surface area contributed by atoms with Crippen LogP contribution in [0.4, 0.5) is 5.69 Å². The molecule has 0 saturated heterocycles. The zero-order valence-electron chi connectivity index (χ0n) is 19.4. The van der Waals surface area contributed by atoms with Crippen molar-refractivity contribution in [3.8, 4) is 11.5 Å². The van der Waals surface area contributed by atoms with Gasteiger partial charge in [-0.15, -0.1) is 0 Å². The number of aryl methyl sites for hydroxylation is 1. The number of amides is 1. The van der Waals surface area contributed by atoms with E-state index < -0.39 is 10.0 Å². The van der Waals surface area contributed by atoms with Crippen LogP contribution in [0.3, 0.4) is 0 Å². The Morgan fingerprint density at radius 2 is 1.73 bits per heavy atom. The van der Waals surface area contributed by atoms with E-state index in [1.165, 1.54) is 52.0 Å². The highest BCUT2D eigenvalue weighted by atomic mass is 32.2. The second-order valence-corrected chi connectivity index (χ2v) is 11.3. The molecule has 3 rings (SSSR count). The zero-order chi connectivity index (χ0) is 23.8. The molecule has 1 aliphatic carbocycles. The predicted octanol–water partition coefficient (Wildman–Crippen LogP) is 4.00. The second kappa shape index (κ2) is 11.7. The molecule has 2 aromatic carbocycles. The number of thioether (sulfide) groups is 1. The summed E-state index contributed by atoms with van der Waals surface area (Å²) in [4.78, 5) is 12.7. The van der Waals surface area contributed by atoms with Crippen molar-refractivity contribution in [2.75, 3.05) is 37.4 Å². The second-order valence-electron chi connectivity index (χ2n) is 7.99. The lowest BCUT2D eigenvalue weighted by Crippen LogP contribution is -2.41. The Kier molecular flexibility index (Phi) is 8.91. The van der Waals surface area contributed by atoms with Gasteiger partial charge in [-0.25, -0.2) is 8.42 Å². The number of ether oxygens (including phenoxy) is 2. The van der Waals surface area contributed by atoms with E-state index in [0.29, 0.717) is 29.0 Å². The minimum absolute atomic E-state index is 0.0188. The number of methoxy groups -OCH3 is 2. The molecule has 1 aliphatic rings. The first-order chi connectivity index (χ1) is 15.8. The fourth-order valence-corrected chi connectivity index (χ4v) is 6.44. The average Bonchev–Trinajstić information content (AvgIpc) is 3.34. The maximum absolute atomic E-state index is 13.6. The Labute approximate surface area is 200 Å². The third-order valence-corrected chi connectivity index (χ3v) is 8.78. The highest BCUT2D eigenvalue weighted by Crippen LogP contribution is 2.32. The van der Waals surface area contributed by atoms with Crippen molar-refractivity contribution in [1.29, 1.82) is 0 Å². The van der Waals surface area contributed by atoms with Crippen LogP contribution in [0.15, 0.2) is 47.4 Å². The number of anilines is 1. The molecule has 0 radical (unpaired) electrons. The maximum atomic E-state index is 13.6. The van der Waals surface area contributed by atoms with Gasteiger partial charge in [0.25, 0.3) is 10.0 Å². The molecule has 33 heavy (non-hydrogen) atoms. The lowest BCUT2D eigenvalue weighted by atomic mass is 10.2. The van der Waals surface area contributed by atoms with Crippen molar-refractivity contribution in [1.82, 2.24) is 5.32 Å². The molecule has 2 aromatic rings. The summed E-state index contributed by atoms with van der Waals surface area (Å²) >= 11 is 1.88. The lowest BCUT2D eigenvalue weighted by molar-refractivity contribution is -0.119. The smallest absolute Gasteiger partial charge is 0.264 e. The summed E-state index contributed by atoms with van der Waals surface area (Å²) < 4.78 is 38.8. The minimum atomic E-state index is -4.03. The van der Waals surface area contributed by atoms with Gasteiger partial charge in [0.2, 0.25) is 5.91 Å². The lowest BCUT2D eigenvalue weighted by Gasteiger charge is -2.24. The Morgan fingerprint density at radius 3 is 2.36 bits per heavy atom. The number of hydrogen-bond donors (Lipinski definition) is 1. The Morgan fingerprint density at radius 1 is 1.06 bits per heavy atom. The third-order valence-electron chi connectivity index (χ3n) is 5.63. The van der Waals surface area contributed by atoms with Gasteiger partial charge < -0.3 is 14.8 Å². The van der Waals surface area contributed by atoms with Gasteiger partial charge in [-0.3, -0.25) is 9.10 Å². The van der Waals surface area contributed by atoms with Gasteiger partial charge in [0.05, 0.1) is 24.8 Å². The molecule has 9 heteroatoms. The molecule has 1 fully saturated rings. The van der Waals surface area contributed by atoms with Crippen molar-refractivity contribution < 1.29 is 22.7 Å². The van der Waals surface area contributed by atoms with Gasteiger partial charge in [0.15, 0.2) is 11.5 Å². The van der Waals surface area contributed by atoms with E-state index >= 15 is 0 Å². The van der Waals surface area contributed by atoms with E-state index in [2.05, 4.69) is 5.32 Å². The summed E-state index contributed by atoms with van der Waals surface area (Å²) in [6.45, 7) is 2.12. The van der Waals surface area contributed by atoms with Gasteiger partial charge in [0.1, 0.15) is 6.54 Å². The molecule has 0 aromatic heterocycles. The fourth-order valence-electron chi connectivity index (χ4n) is 3.79. The molecule has 0 heterocycles. The largest absolute Gasteiger partial charge is 0.493 e. The molecule has 7 nitrogen and oxygen atoms in total. The number of carbonyl (C=O) groups excluding carboxylic acids is 1. The van der Waals surface area contributed by atoms with E-state index in [-0.39, 0.29) is 17.3 Å². The molecule has 0 unspecified atom stereocenters. The number of carbonyl (C=O) groups is 1. The molecule has 0 bridgehead atoms. The first kappa shape index (κ1) is 25.2. The van der Waals surface area contributed by atoms with Crippen molar-refractivity contribution >= 4 is 33.4 Å². The highest BCUT2D eigenvalue weighted by Gasteiger charge is 2.28. The van der Waals surface area contributed by atoms with E-state index in [0.717, 1.165) is 15.6 Å². The fraction of sp³-hybridized carbons (Fsp3) is 0.458. The van der Waals surface area contributed by atoms with Crippen LogP contribution in [0.5, 0.6) is 11.5 Å². The SMILES string of the molecule is COc1ccc(S(=O)(=O)N(CC(=O)NCCSC2CCCC2)c2ccc(C)cc2)cc1OC. The number of hydrogen-bond acceptors (Lipinski definition) is 6.